The maximum absolute atomic E-state index is 12.9. The predicted octanol–water partition coefficient (Wildman–Crippen LogP) is 3.52. The molecule has 0 bridgehead atoms. The van der Waals surface area contributed by atoms with Crippen LogP contribution >= 0.6 is 23.2 Å². The highest BCUT2D eigenvalue weighted by molar-refractivity contribution is 7.89. The minimum atomic E-state index is -3.72. The molecule has 29 heavy (non-hydrogen) atoms. The Hall–Kier alpha value is -2.13. The van der Waals surface area contributed by atoms with Crippen LogP contribution in [-0.2, 0) is 10.0 Å². The topological polar surface area (TPSA) is 110 Å². The molecular weight excluding hydrogens is 437 g/mol. The average molecular weight is 456 g/mol. The number of nitrogens with one attached hydrogen (secondary N) is 1. The fourth-order valence-electron chi connectivity index (χ4n) is 3.08. The monoisotopic (exact) mass is 455 g/mol. The SMILES string of the molecule is NC(=O)c1cc(NC(=O)c2cc(S(=O)(=O)N3CCCCC3)ccc2Cl)ccc1Cl. The van der Waals surface area contributed by atoms with E-state index in [9.17, 15) is 18.0 Å². The number of carbonyl (C=O) groups is 2. The van der Waals surface area contributed by atoms with Gasteiger partial charge in [0, 0.05) is 18.8 Å². The molecule has 1 heterocycles. The Bertz CT molecular complexity index is 1070. The van der Waals surface area contributed by atoms with Gasteiger partial charge in [-0.05, 0) is 49.2 Å². The summed E-state index contributed by atoms with van der Waals surface area (Å²) < 4.78 is 27.2. The summed E-state index contributed by atoms with van der Waals surface area (Å²) in [7, 11) is -3.72. The smallest absolute Gasteiger partial charge is 0.257 e. The minimum Gasteiger partial charge on any atom is -0.366 e. The number of benzene rings is 2. The van der Waals surface area contributed by atoms with Crippen molar-refractivity contribution in [1.82, 2.24) is 4.31 Å². The Kier molecular flexibility index (Phi) is 6.48. The number of rotatable bonds is 5. The Labute approximate surface area is 178 Å². The largest absolute Gasteiger partial charge is 0.366 e. The van der Waals surface area contributed by atoms with E-state index in [2.05, 4.69) is 5.32 Å². The molecule has 3 N–H and O–H groups in total. The van der Waals surface area contributed by atoms with Crippen molar-refractivity contribution in [1.29, 1.82) is 0 Å². The molecular formula is C19H19Cl2N3O4S. The van der Waals surface area contributed by atoms with E-state index in [1.165, 1.54) is 40.7 Å². The first-order valence-electron chi connectivity index (χ1n) is 8.90. The Morgan fingerprint density at radius 3 is 2.21 bits per heavy atom. The van der Waals surface area contributed by atoms with Gasteiger partial charge in [0.1, 0.15) is 0 Å². The Morgan fingerprint density at radius 1 is 0.931 bits per heavy atom. The van der Waals surface area contributed by atoms with Crippen molar-refractivity contribution in [3.05, 3.63) is 57.6 Å². The van der Waals surface area contributed by atoms with E-state index < -0.39 is 21.8 Å². The van der Waals surface area contributed by atoms with E-state index in [0.717, 1.165) is 19.3 Å². The van der Waals surface area contributed by atoms with Crippen LogP contribution in [0.4, 0.5) is 5.69 Å². The fourth-order valence-corrected chi connectivity index (χ4v) is 5.04. The van der Waals surface area contributed by atoms with Gasteiger partial charge in [-0.25, -0.2) is 8.42 Å². The molecule has 7 nitrogen and oxygen atoms in total. The summed E-state index contributed by atoms with van der Waals surface area (Å²) in [4.78, 5) is 24.1. The number of carbonyl (C=O) groups excluding carboxylic acids is 2. The molecule has 0 spiro atoms. The lowest BCUT2D eigenvalue weighted by molar-refractivity contribution is 0.0996. The van der Waals surface area contributed by atoms with Gasteiger partial charge in [-0.1, -0.05) is 29.6 Å². The first-order valence-corrected chi connectivity index (χ1v) is 11.1. The molecule has 3 rings (SSSR count). The molecule has 0 radical (unpaired) electrons. The Balaban J connectivity index is 1.89. The van der Waals surface area contributed by atoms with Crippen LogP contribution < -0.4 is 11.1 Å². The number of anilines is 1. The van der Waals surface area contributed by atoms with Crippen LogP contribution in [0.1, 0.15) is 40.0 Å². The molecule has 0 atom stereocenters. The number of primary amides is 1. The van der Waals surface area contributed by atoms with E-state index in [-0.39, 0.29) is 31.8 Å². The third-order valence-corrected chi connectivity index (χ3v) is 7.18. The maximum Gasteiger partial charge on any atom is 0.257 e. The van der Waals surface area contributed by atoms with Crippen molar-refractivity contribution >= 4 is 50.7 Å². The molecule has 1 aliphatic heterocycles. The van der Waals surface area contributed by atoms with Gasteiger partial charge >= 0.3 is 0 Å². The number of amides is 2. The second-order valence-corrected chi connectivity index (χ2v) is 9.37. The van der Waals surface area contributed by atoms with Gasteiger partial charge in [-0.15, -0.1) is 0 Å². The van der Waals surface area contributed by atoms with Crippen molar-refractivity contribution in [3.8, 4) is 0 Å². The number of nitrogens with zero attached hydrogens (tertiary/aromatic N) is 1. The molecule has 10 heteroatoms. The van der Waals surface area contributed by atoms with E-state index in [0.29, 0.717) is 13.1 Å². The normalized spacial score (nSPS) is 15.1. The van der Waals surface area contributed by atoms with Crippen LogP contribution in [0.2, 0.25) is 10.0 Å². The highest BCUT2D eigenvalue weighted by Crippen LogP contribution is 2.26. The zero-order chi connectivity index (χ0) is 21.2. The summed E-state index contributed by atoms with van der Waals surface area (Å²) >= 11 is 12.0. The van der Waals surface area contributed by atoms with Crippen LogP contribution in [0.25, 0.3) is 0 Å². The van der Waals surface area contributed by atoms with E-state index in [4.69, 9.17) is 28.9 Å². The van der Waals surface area contributed by atoms with Gasteiger partial charge in [0.25, 0.3) is 5.91 Å². The number of sulfonamides is 1. The van der Waals surface area contributed by atoms with Crippen LogP contribution in [0.5, 0.6) is 0 Å². The van der Waals surface area contributed by atoms with Crippen LogP contribution in [0.3, 0.4) is 0 Å². The van der Waals surface area contributed by atoms with Gasteiger partial charge in [0.15, 0.2) is 0 Å². The number of piperidine rings is 1. The summed E-state index contributed by atoms with van der Waals surface area (Å²) in [5.74, 6) is -1.36. The van der Waals surface area contributed by atoms with Gasteiger partial charge in [-0.3, -0.25) is 9.59 Å². The van der Waals surface area contributed by atoms with Gasteiger partial charge in [0.05, 0.1) is 26.1 Å². The molecule has 0 aliphatic carbocycles. The van der Waals surface area contributed by atoms with Gasteiger partial charge < -0.3 is 11.1 Å². The molecule has 154 valence electrons. The fraction of sp³-hybridized carbons (Fsp3) is 0.263. The lowest BCUT2D eigenvalue weighted by Gasteiger charge is -2.26. The highest BCUT2D eigenvalue weighted by atomic mass is 35.5. The summed E-state index contributed by atoms with van der Waals surface area (Å²) in [6.45, 7) is 0.903. The van der Waals surface area contributed by atoms with Crippen molar-refractivity contribution in [2.45, 2.75) is 24.2 Å². The van der Waals surface area contributed by atoms with Crippen molar-refractivity contribution < 1.29 is 18.0 Å². The molecule has 2 aromatic carbocycles. The maximum atomic E-state index is 12.9. The quantitative estimate of drug-likeness (QED) is 0.718. The molecule has 1 aliphatic rings. The number of halogens is 2. The van der Waals surface area contributed by atoms with Gasteiger partial charge in [0.2, 0.25) is 15.9 Å². The average Bonchev–Trinajstić information content (AvgIpc) is 2.70. The molecule has 2 aromatic rings. The molecule has 1 fully saturated rings. The van der Waals surface area contributed by atoms with E-state index in [1.807, 2.05) is 0 Å². The summed E-state index contributed by atoms with van der Waals surface area (Å²) in [6, 6.07) is 8.28. The van der Waals surface area contributed by atoms with Crippen molar-refractivity contribution in [3.63, 3.8) is 0 Å². The van der Waals surface area contributed by atoms with E-state index >= 15 is 0 Å². The lowest BCUT2D eigenvalue weighted by Crippen LogP contribution is -2.35. The van der Waals surface area contributed by atoms with Crippen molar-refractivity contribution in [2.75, 3.05) is 18.4 Å². The second kappa shape index (κ2) is 8.71. The van der Waals surface area contributed by atoms with Crippen LogP contribution in [0.15, 0.2) is 41.3 Å². The first-order chi connectivity index (χ1) is 13.7. The number of hydrogen-bond acceptors (Lipinski definition) is 4. The zero-order valence-electron chi connectivity index (χ0n) is 15.3. The summed E-state index contributed by atoms with van der Waals surface area (Å²) in [5.41, 5.74) is 5.58. The van der Waals surface area contributed by atoms with Gasteiger partial charge in [-0.2, -0.15) is 4.31 Å². The second-order valence-electron chi connectivity index (χ2n) is 6.62. The number of nitrogens with two attached hydrogens (primary N) is 1. The molecule has 2 amide bonds. The zero-order valence-corrected chi connectivity index (χ0v) is 17.6. The highest BCUT2D eigenvalue weighted by Gasteiger charge is 2.27. The van der Waals surface area contributed by atoms with Crippen molar-refractivity contribution in [2.24, 2.45) is 5.73 Å². The summed E-state index contributed by atoms with van der Waals surface area (Å²) in [5, 5.41) is 2.84. The molecule has 0 saturated carbocycles. The standard InChI is InChI=1S/C19H19Cl2N3O4S/c20-16-6-4-12(10-14(16)18(22)25)23-19(26)15-11-13(5-7-17(15)21)29(27,28)24-8-2-1-3-9-24/h4-7,10-11H,1-3,8-9H2,(H2,22,25)(H,23,26). The van der Waals surface area contributed by atoms with Crippen LogP contribution in [0, 0.1) is 0 Å². The molecule has 0 unspecified atom stereocenters. The first kappa shape index (κ1) is 21.6. The predicted molar refractivity (Wildman–Crippen MR) is 112 cm³/mol. The molecule has 1 saturated heterocycles. The number of hydrogen-bond donors (Lipinski definition) is 2. The minimum absolute atomic E-state index is 0.000302. The van der Waals surface area contributed by atoms with E-state index in [1.54, 1.807) is 0 Å². The third-order valence-electron chi connectivity index (χ3n) is 4.62. The lowest BCUT2D eigenvalue weighted by atomic mass is 10.1. The Morgan fingerprint density at radius 2 is 1.55 bits per heavy atom. The third kappa shape index (κ3) is 4.72. The summed E-state index contributed by atoms with van der Waals surface area (Å²) in [6.07, 6.45) is 2.60. The molecule has 0 aromatic heterocycles. The van der Waals surface area contributed by atoms with Crippen LogP contribution in [-0.4, -0.2) is 37.6 Å².